The summed E-state index contributed by atoms with van der Waals surface area (Å²) < 4.78 is 45.1. The van der Waals surface area contributed by atoms with E-state index in [0.717, 1.165) is 11.8 Å². The number of carbonyl (C=O) groups is 4. The van der Waals surface area contributed by atoms with Gasteiger partial charge in [0.2, 0.25) is 27.7 Å². The highest BCUT2D eigenvalue weighted by Crippen LogP contribution is 2.47. The Hall–Kier alpha value is -4.40. The molecule has 2 saturated carbocycles. The molecule has 1 aromatic heterocycles. The van der Waals surface area contributed by atoms with Crippen LogP contribution in [0, 0.1) is 17.8 Å². The summed E-state index contributed by atoms with van der Waals surface area (Å²) in [6.45, 7) is 18.9. The molecule has 3 heterocycles. The number of fused-ring (bicyclic) bond motifs is 3. The van der Waals surface area contributed by atoms with E-state index in [0.29, 0.717) is 49.1 Å². The average Bonchev–Trinajstić information content (AvgIpc) is 4.08. The first-order valence-electron chi connectivity index (χ1n) is 21.3. The number of nitrogens with one attached hydrogen (secondary N) is 3. The molecule has 59 heavy (non-hydrogen) atoms. The molecule has 7 atom stereocenters. The highest BCUT2D eigenvalue weighted by Gasteiger charge is 2.63. The van der Waals surface area contributed by atoms with Gasteiger partial charge in [0.25, 0.3) is 5.91 Å². The van der Waals surface area contributed by atoms with Crippen LogP contribution in [0.1, 0.15) is 121 Å². The number of allylic oxidation sites excluding steroid dienone is 1. The van der Waals surface area contributed by atoms with Gasteiger partial charge >= 0.3 is 6.09 Å². The lowest BCUT2D eigenvalue weighted by atomic mass is 9.85. The minimum absolute atomic E-state index is 0.0150. The molecular formula is C44H67N5O9S. The average molecular weight is 842 g/mol. The summed E-state index contributed by atoms with van der Waals surface area (Å²) in [7, 11) is -2.42. The third-order valence-corrected chi connectivity index (χ3v) is 13.7. The Labute approximate surface area is 351 Å². The van der Waals surface area contributed by atoms with Crippen LogP contribution < -0.4 is 24.8 Å². The molecule has 1 saturated heterocycles. The first-order valence-corrected chi connectivity index (χ1v) is 22.8. The van der Waals surface area contributed by atoms with Crippen molar-refractivity contribution in [3.8, 4) is 11.6 Å². The fourth-order valence-corrected chi connectivity index (χ4v) is 9.07. The van der Waals surface area contributed by atoms with E-state index in [1.165, 1.54) is 4.90 Å². The van der Waals surface area contributed by atoms with Gasteiger partial charge < -0.3 is 29.7 Å². The molecule has 3 fully saturated rings. The monoisotopic (exact) mass is 841 g/mol. The highest BCUT2D eigenvalue weighted by atomic mass is 32.2. The summed E-state index contributed by atoms with van der Waals surface area (Å²) in [5.74, 6) is -1.50. The Morgan fingerprint density at radius 3 is 2.39 bits per heavy atom. The van der Waals surface area contributed by atoms with Crippen molar-refractivity contribution < 1.29 is 41.8 Å². The number of rotatable bonds is 8. The number of sulfonamides is 1. The van der Waals surface area contributed by atoms with Crippen molar-refractivity contribution in [3.63, 3.8) is 0 Å². The maximum absolute atomic E-state index is 14.9. The number of methoxy groups -OCH3 is 1. The van der Waals surface area contributed by atoms with Crippen LogP contribution in [0.2, 0.25) is 0 Å². The standard InChI is InChI=1S/C40H55N5O9S.2C2H6/c1-8-25-19-24(2)11-9-10-12-27-22-40(27,36(48)44-55(50,51)39(6)16-17-39)43-33(46)31-21-29(23-45(31)35(47)32(25)42-37(49)54-38(3,4)5)53-34-30-14-13-28(52-7)20-26(30)15-18-41-34;2*1-2/h10,12-15,18,20,24-25,27,29,31-32H,8-9,11,16-17,19,21-23H2,1-7H3,(H,42,49)(H,43,46)(H,44,48);2*1-2H3/b12-10-;;/t24-,25-,27-,29-,31+,32+,40-;;/m1../s1. The Morgan fingerprint density at radius 1 is 1.07 bits per heavy atom. The molecule has 2 aromatic rings. The lowest BCUT2D eigenvalue weighted by molar-refractivity contribution is -0.142. The quantitative estimate of drug-likeness (QED) is 0.239. The molecule has 0 unspecified atom stereocenters. The van der Waals surface area contributed by atoms with E-state index in [9.17, 15) is 27.6 Å². The van der Waals surface area contributed by atoms with Gasteiger partial charge in [-0.1, -0.05) is 60.1 Å². The Morgan fingerprint density at radius 2 is 1.76 bits per heavy atom. The van der Waals surface area contributed by atoms with Crippen molar-refractivity contribution in [1.82, 2.24) is 25.2 Å². The van der Waals surface area contributed by atoms with E-state index in [1.807, 2.05) is 65.0 Å². The summed E-state index contributed by atoms with van der Waals surface area (Å²) in [5, 5.41) is 7.31. The molecule has 328 valence electrons. The molecule has 0 radical (unpaired) electrons. The van der Waals surface area contributed by atoms with Gasteiger partial charge in [0.15, 0.2) is 0 Å². The lowest BCUT2D eigenvalue weighted by Crippen LogP contribution is -2.59. The molecule has 4 aliphatic rings. The zero-order chi connectivity index (χ0) is 43.9. The first kappa shape index (κ1) is 47.3. The molecule has 2 aliphatic heterocycles. The van der Waals surface area contributed by atoms with Crippen LogP contribution in [0.25, 0.3) is 10.8 Å². The van der Waals surface area contributed by atoms with Gasteiger partial charge in [0, 0.05) is 23.9 Å². The summed E-state index contributed by atoms with van der Waals surface area (Å²) in [6, 6.07) is 5.15. The van der Waals surface area contributed by atoms with Crippen molar-refractivity contribution in [1.29, 1.82) is 0 Å². The fourth-order valence-electron chi connectivity index (χ4n) is 7.76. The first-order chi connectivity index (χ1) is 27.9. The summed E-state index contributed by atoms with van der Waals surface area (Å²) in [6.07, 6.45) is 7.78. The molecule has 0 spiro atoms. The predicted molar refractivity (Wildman–Crippen MR) is 228 cm³/mol. The number of nitrogens with zero attached hydrogens (tertiary/aromatic N) is 2. The Bertz CT molecular complexity index is 1960. The third kappa shape index (κ3) is 11.1. The molecular weight excluding hydrogens is 775 g/mol. The van der Waals surface area contributed by atoms with Crippen molar-refractivity contribution in [2.75, 3.05) is 13.7 Å². The number of aromatic nitrogens is 1. The topological polar surface area (TPSA) is 182 Å². The van der Waals surface area contributed by atoms with E-state index in [4.69, 9.17) is 14.2 Å². The van der Waals surface area contributed by atoms with Gasteiger partial charge in [-0.15, -0.1) is 0 Å². The molecule has 3 N–H and O–H groups in total. The third-order valence-electron chi connectivity index (χ3n) is 11.5. The van der Waals surface area contributed by atoms with E-state index in [1.54, 1.807) is 47.1 Å². The number of carbonyl (C=O) groups excluding carboxylic acids is 4. The van der Waals surface area contributed by atoms with Crippen LogP contribution in [0.3, 0.4) is 0 Å². The van der Waals surface area contributed by atoms with Gasteiger partial charge in [-0.25, -0.2) is 18.2 Å². The van der Waals surface area contributed by atoms with E-state index >= 15 is 0 Å². The maximum Gasteiger partial charge on any atom is 0.408 e. The molecule has 6 rings (SSSR count). The van der Waals surface area contributed by atoms with Crippen LogP contribution >= 0.6 is 0 Å². The van der Waals surface area contributed by atoms with Crippen LogP contribution in [0.4, 0.5) is 4.79 Å². The SMILES string of the molecule is CC.CC.CC[C@@H]1C[C@H](C)CC/C=C\[C@@H]2C[C@@]2(C(=O)NS(=O)(=O)C2(C)CC2)NC(=O)[C@@H]2C[C@@H](Oc3nccc4cc(OC)ccc34)CN2C(=O)[C@H]1NC(=O)OC(C)(C)C. The molecule has 1 aromatic carbocycles. The zero-order valence-electron chi connectivity index (χ0n) is 36.8. The Balaban J connectivity index is 0.00000186. The van der Waals surface area contributed by atoms with Crippen LogP contribution in [-0.2, 0) is 29.1 Å². The molecule has 15 heteroatoms. The number of ether oxygens (including phenoxy) is 3. The van der Waals surface area contributed by atoms with Crippen LogP contribution in [0.5, 0.6) is 11.6 Å². The molecule has 14 nitrogen and oxygen atoms in total. The normalized spacial score (nSPS) is 28.2. The second kappa shape index (κ2) is 19.3. The minimum Gasteiger partial charge on any atom is -0.497 e. The van der Waals surface area contributed by atoms with Crippen molar-refractivity contribution in [2.24, 2.45) is 17.8 Å². The number of hydrogen-bond acceptors (Lipinski definition) is 10. The Kier molecular flexibility index (Phi) is 15.5. The predicted octanol–water partition coefficient (Wildman–Crippen LogP) is 6.81. The number of pyridine rings is 1. The van der Waals surface area contributed by atoms with Crippen LogP contribution in [-0.4, -0.2) is 89.8 Å². The van der Waals surface area contributed by atoms with Crippen molar-refractivity contribution in [3.05, 3.63) is 42.6 Å². The lowest BCUT2D eigenvalue weighted by Gasteiger charge is -2.34. The van der Waals surface area contributed by atoms with Crippen molar-refractivity contribution >= 4 is 44.6 Å². The van der Waals surface area contributed by atoms with Gasteiger partial charge in [0.05, 0.1) is 18.4 Å². The molecule has 2 aliphatic carbocycles. The number of hydrogen-bond donors (Lipinski definition) is 3. The van der Waals surface area contributed by atoms with E-state index in [-0.39, 0.29) is 31.2 Å². The number of benzene rings is 1. The van der Waals surface area contributed by atoms with Crippen LogP contribution in [0.15, 0.2) is 42.6 Å². The maximum atomic E-state index is 14.9. The number of alkyl carbamates (subject to hydrolysis) is 1. The van der Waals surface area contributed by atoms with Gasteiger partial charge in [-0.3, -0.25) is 19.1 Å². The second-order valence-corrected chi connectivity index (χ2v) is 19.2. The zero-order valence-corrected chi connectivity index (χ0v) is 37.7. The smallest absolute Gasteiger partial charge is 0.408 e. The molecule has 0 bridgehead atoms. The fraction of sp³-hybridized carbons (Fsp3) is 0.659. The van der Waals surface area contributed by atoms with Crippen molar-refractivity contribution in [2.45, 2.75) is 155 Å². The minimum atomic E-state index is -4.00. The summed E-state index contributed by atoms with van der Waals surface area (Å²) in [5.41, 5.74) is -2.35. The van der Waals surface area contributed by atoms with Gasteiger partial charge in [-0.2, -0.15) is 0 Å². The highest BCUT2D eigenvalue weighted by molar-refractivity contribution is 7.91. The largest absolute Gasteiger partial charge is 0.497 e. The second-order valence-electron chi connectivity index (χ2n) is 17.0. The summed E-state index contributed by atoms with van der Waals surface area (Å²) in [4.78, 5) is 62.6. The number of amides is 4. The summed E-state index contributed by atoms with van der Waals surface area (Å²) >= 11 is 0. The van der Waals surface area contributed by atoms with E-state index in [2.05, 4.69) is 27.3 Å². The van der Waals surface area contributed by atoms with Gasteiger partial charge in [0.1, 0.15) is 35.1 Å². The molecule has 4 amide bonds. The van der Waals surface area contributed by atoms with E-state index < -0.39 is 73.8 Å². The van der Waals surface area contributed by atoms with Gasteiger partial charge in [-0.05, 0) is 108 Å².